The minimum atomic E-state index is -0.258. The lowest BCUT2D eigenvalue weighted by atomic mass is 10.2. The largest absolute Gasteiger partial charge is 0.267 e. The van der Waals surface area contributed by atoms with E-state index in [-0.39, 0.29) is 5.82 Å². The van der Waals surface area contributed by atoms with E-state index >= 15 is 0 Å². The molecule has 0 aliphatic heterocycles. The van der Waals surface area contributed by atoms with E-state index in [0.29, 0.717) is 4.47 Å². The summed E-state index contributed by atoms with van der Waals surface area (Å²) in [5.74, 6) is -0.258. The van der Waals surface area contributed by atoms with Crippen LogP contribution < -0.4 is 0 Å². The van der Waals surface area contributed by atoms with Crippen LogP contribution in [0, 0.1) is 5.82 Å². The van der Waals surface area contributed by atoms with Crippen LogP contribution in [0.15, 0.2) is 22.8 Å². The number of hydrogen-bond donors (Lipinski definition) is 0. The molecule has 0 saturated carbocycles. The minimum Gasteiger partial charge on any atom is -0.267 e. The van der Waals surface area contributed by atoms with Crippen molar-refractivity contribution < 1.29 is 4.39 Å². The van der Waals surface area contributed by atoms with Crippen molar-refractivity contribution in [2.24, 2.45) is 7.05 Å². The molecule has 2 nitrogen and oxygen atoms in total. The smallest absolute Gasteiger partial charge is 0.139 e. The highest BCUT2D eigenvalue weighted by Crippen LogP contribution is 2.25. The number of hydrogen-bond acceptors (Lipinski definition) is 1. The molecule has 1 aromatic carbocycles. The van der Waals surface area contributed by atoms with Gasteiger partial charge in [0.1, 0.15) is 5.82 Å². The summed E-state index contributed by atoms with van der Waals surface area (Å²) in [5.41, 5.74) is 0.787. The van der Waals surface area contributed by atoms with Gasteiger partial charge in [-0.1, -0.05) is 0 Å². The zero-order valence-corrected chi connectivity index (χ0v) is 7.97. The van der Waals surface area contributed by atoms with Gasteiger partial charge in [0.05, 0.1) is 16.2 Å². The molecule has 12 heavy (non-hydrogen) atoms. The molecule has 4 heteroatoms. The van der Waals surface area contributed by atoms with E-state index in [2.05, 4.69) is 21.0 Å². The van der Waals surface area contributed by atoms with Crippen LogP contribution in [0.1, 0.15) is 0 Å². The predicted molar refractivity (Wildman–Crippen MR) is 48.4 cm³/mol. The van der Waals surface area contributed by atoms with E-state index in [1.54, 1.807) is 24.0 Å². The third-order valence-corrected chi connectivity index (χ3v) is 2.55. The van der Waals surface area contributed by atoms with Crippen LogP contribution in [0.2, 0.25) is 0 Å². The van der Waals surface area contributed by atoms with Gasteiger partial charge in [-0.05, 0) is 28.1 Å². The molecular formula is C8H6BrFN2. The van der Waals surface area contributed by atoms with Gasteiger partial charge in [-0.25, -0.2) is 4.39 Å². The highest BCUT2D eigenvalue weighted by Gasteiger charge is 2.07. The number of fused-ring (bicyclic) bond motifs is 1. The summed E-state index contributed by atoms with van der Waals surface area (Å²) in [5, 5.41) is 4.95. The van der Waals surface area contributed by atoms with Crippen molar-refractivity contribution in [1.29, 1.82) is 0 Å². The number of aromatic nitrogens is 2. The summed E-state index contributed by atoms with van der Waals surface area (Å²) in [7, 11) is 1.78. The second kappa shape index (κ2) is 2.55. The van der Waals surface area contributed by atoms with Crippen molar-refractivity contribution in [2.45, 2.75) is 0 Å². The lowest BCUT2D eigenvalue weighted by Crippen LogP contribution is -1.90. The number of aryl methyl sites for hydroxylation is 1. The maximum Gasteiger partial charge on any atom is 0.139 e. The fourth-order valence-corrected chi connectivity index (χ4v) is 1.81. The number of halogens is 2. The SMILES string of the molecule is Cn1ncc2ccc(F)c(Br)c21. The second-order valence-corrected chi connectivity index (χ2v) is 3.36. The first-order valence-corrected chi connectivity index (χ1v) is 4.25. The molecule has 0 aliphatic carbocycles. The van der Waals surface area contributed by atoms with E-state index in [1.807, 2.05) is 0 Å². The van der Waals surface area contributed by atoms with Crippen LogP contribution in [-0.4, -0.2) is 9.78 Å². The van der Waals surface area contributed by atoms with Crippen LogP contribution in [0.25, 0.3) is 10.9 Å². The summed E-state index contributed by atoms with van der Waals surface area (Å²) in [6.45, 7) is 0. The van der Waals surface area contributed by atoms with Crippen molar-refractivity contribution in [3.63, 3.8) is 0 Å². The van der Waals surface area contributed by atoms with Gasteiger partial charge in [-0.2, -0.15) is 5.10 Å². The lowest BCUT2D eigenvalue weighted by molar-refractivity contribution is 0.621. The van der Waals surface area contributed by atoms with Crippen LogP contribution in [0.5, 0.6) is 0 Å². The molecule has 0 N–H and O–H groups in total. The third-order valence-electron chi connectivity index (χ3n) is 1.79. The molecule has 0 aliphatic rings. The Bertz CT molecular complexity index is 436. The molecule has 2 rings (SSSR count). The average molecular weight is 229 g/mol. The van der Waals surface area contributed by atoms with Crippen molar-refractivity contribution in [3.8, 4) is 0 Å². The van der Waals surface area contributed by atoms with Gasteiger partial charge in [-0.3, -0.25) is 4.68 Å². The van der Waals surface area contributed by atoms with Gasteiger partial charge in [0.2, 0.25) is 0 Å². The molecule has 1 aromatic heterocycles. The number of rotatable bonds is 0. The van der Waals surface area contributed by atoms with Crippen LogP contribution in [-0.2, 0) is 7.05 Å². The highest BCUT2D eigenvalue weighted by molar-refractivity contribution is 9.10. The number of nitrogens with zero attached hydrogens (tertiary/aromatic N) is 2. The van der Waals surface area contributed by atoms with Crippen LogP contribution in [0.3, 0.4) is 0 Å². The van der Waals surface area contributed by atoms with Gasteiger partial charge in [0.25, 0.3) is 0 Å². The van der Waals surface area contributed by atoms with Crippen molar-refractivity contribution in [1.82, 2.24) is 9.78 Å². The Balaban J connectivity index is 2.96. The summed E-state index contributed by atoms with van der Waals surface area (Å²) in [4.78, 5) is 0. The zero-order valence-electron chi connectivity index (χ0n) is 6.38. The summed E-state index contributed by atoms with van der Waals surface area (Å²) >= 11 is 3.17. The van der Waals surface area contributed by atoms with E-state index in [9.17, 15) is 4.39 Å². The lowest BCUT2D eigenvalue weighted by Gasteiger charge is -1.98. The predicted octanol–water partition coefficient (Wildman–Crippen LogP) is 2.47. The monoisotopic (exact) mass is 228 g/mol. The van der Waals surface area contributed by atoms with Crippen molar-refractivity contribution in [3.05, 3.63) is 28.6 Å². The molecule has 0 radical (unpaired) electrons. The topological polar surface area (TPSA) is 17.8 Å². The van der Waals surface area contributed by atoms with Gasteiger partial charge >= 0.3 is 0 Å². The first-order valence-electron chi connectivity index (χ1n) is 3.46. The normalized spacial score (nSPS) is 10.9. The molecule has 62 valence electrons. The minimum absolute atomic E-state index is 0.258. The summed E-state index contributed by atoms with van der Waals surface area (Å²) in [6, 6.07) is 3.14. The van der Waals surface area contributed by atoms with E-state index < -0.39 is 0 Å². The Labute approximate surface area is 77.1 Å². The fourth-order valence-electron chi connectivity index (χ4n) is 1.19. The Hall–Kier alpha value is -0.900. The summed E-state index contributed by atoms with van der Waals surface area (Å²) < 4.78 is 15.1. The third kappa shape index (κ3) is 0.948. The van der Waals surface area contributed by atoms with E-state index in [1.165, 1.54) is 6.07 Å². The van der Waals surface area contributed by atoms with E-state index in [0.717, 1.165) is 10.9 Å². The first-order chi connectivity index (χ1) is 5.70. The zero-order chi connectivity index (χ0) is 8.72. The molecule has 0 atom stereocenters. The highest BCUT2D eigenvalue weighted by atomic mass is 79.9. The van der Waals surface area contributed by atoms with Crippen LogP contribution in [0.4, 0.5) is 4.39 Å². The molecule has 0 amide bonds. The first kappa shape index (κ1) is 7.73. The molecule has 0 bridgehead atoms. The Morgan fingerprint density at radius 3 is 3.00 bits per heavy atom. The molecule has 0 saturated heterocycles. The van der Waals surface area contributed by atoms with Crippen molar-refractivity contribution in [2.75, 3.05) is 0 Å². The second-order valence-electron chi connectivity index (χ2n) is 2.57. The van der Waals surface area contributed by atoms with Crippen LogP contribution >= 0.6 is 15.9 Å². The molecule has 0 spiro atoms. The quantitative estimate of drug-likeness (QED) is 0.678. The Kier molecular flexibility index (Phi) is 1.65. The van der Waals surface area contributed by atoms with Crippen molar-refractivity contribution >= 4 is 26.8 Å². The maximum absolute atomic E-state index is 13.0. The molecule has 1 heterocycles. The van der Waals surface area contributed by atoms with Gasteiger partial charge < -0.3 is 0 Å². The molecular weight excluding hydrogens is 223 g/mol. The van der Waals surface area contributed by atoms with Gasteiger partial charge in [0, 0.05) is 12.4 Å². The summed E-state index contributed by atoms with van der Waals surface area (Å²) in [6.07, 6.45) is 1.71. The Morgan fingerprint density at radius 2 is 2.25 bits per heavy atom. The maximum atomic E-state index is 13.0. The van der Waals surface area contributed by atoms with Gasteiger partial charge in [0.15, 0.2) is 0 Å². The standard InChI is InChI=1S/C8H6BrFN2/c1-12-8-5(4-11-12)2-3-6(10)7(8)9/h2-4H,1H3. The molecule has 0 unspecified atom stereocenters. The molecule has 0 fully saturated rings. The Morgan fingerprint density at radius 1 is 1.50 bits per heavy atom. The molecule has 2 aromatic rings. The number of benzene rings is 1. The fraction of sp³-hybridized carbons (Fsp3) is 0.125. The van der Waals surface area contributed by atoms with Gasteiger partial charge in [-0.15, -0.1) is 0 Å². The van der Waals surface area contributed by atoms with E-state index in [4.69, 9.17) is 0 Å². The average Bonchev–Trinajstić information content (AvgIpc) is 2.41.